The number of thiophene rings is 1. The zero-order chi connectivity index (χ0) is 13.4. The SMILES string of the molecule is c1cc(CNC2CC2)c(CN2CCc3sccc3C2)o1. The van der Waals surface area contributed by atoms with E-state index in [1.54, 1.807) is 4.88 Å². The number of rotatable bonds is 5. The van der Waals surface area contributed by atoms with Gasteiger partial charge in [0.15, 0.2) is 0 Å². The summed E-state index contributed by atoms with van der Waals surface area (Å²) in [7, 11) is 0. The van der Waals surface area contributed by atoms with Crippen molar-refractivity contribution < 1.29 is 4.42 Å². The minimum atomic E-state index is 0.751. The third kappa shape index (κ3) is 2.68. The van der Waals surface area contributed by atoms with E-state index < -0.39 is 0 Å². The molecule has 0 bridgehead atoms. The predicted octanol–water partition coefficient (Wildman–Crippen LogP) is 3.15. The highest BCUT2D eigenvalue weighted by molar-refractivity contribution is 7.10. The predicted molar refractivity (Wildman–Crippen MR) is 80.7 cm³/mol. The van der Waals surface area contributed by atoms with Gasteiger partial charge in [0, 0.05) is 36.1 Å². The van der Waals surface area contributed by atoms with Gasteiger partial charge in [0.05, 0.1) is 12.8 Å². The third-order valence-corrected chi connectivity index (χ3v) is 5.27. The molecule has 3 nitrogen and oxygen atoms in total. The van der Waals surface area contributed by atoms with E-state index in [2.05, 4.69) is 27.7 Å². The second-order valence-corrected chi connectivity index (χ2v) is 6.85. The molecule has 1 aliphatic heterocycles. The van der Waals surface area contributed by atoms with E-state index in [9.17, 15) is 0 Å². The van der Waals surface area contributed by atoms with Crippen molar-refractivity contribution in [2.75, 3.05) is 6.54 Å². The molecule has 1 aliphatic carbocycles. The van der Waals surface area contributed by atoms with Gasteiger partial charge in [-0.05, 0) is 42.3 Å². The maximum Gasteiger partial charge on any atom is 0.122 e. The maximum atomic E-state index is 5.71. The van der Waals surface area contributed by atoms with Crippen LogP contribution in [-0.4, -0.2) is 17.5 Å². The van der Waals surface area contributed by atoms with E-state index in [0.717, 1.165) is 38.0 Å². The highest BCUT2D eigenvalue weighted by Gasteiger charge is 2.22. The minimum Gasteiger partial charge on any atom is -0.468 e. The first-order valence-corrected chi connectivity index (χ1v) is 8.32. The Kier molecular flexibility index (Phi) is 3.38. The molecule has 0 amide bonds. The zero-order valence-corrected chi connectivity index (χ0v) is 12.4. The summed E-state index contributed by atoms with van der Waals surface area (Å²) >= 11 is 1.90. The van der Waals surface area contributed by atoms with Crippen LogP contribution in [0, 0.1) is 0 Å². The molecular formula is C16H20N2OS. The number of hydrogen-bond donors (Lipinski definition) is 1. The average Bonchev–Trinajstić information content (AvgIpc) is 2.99. The Labute approximate surface area is 123 Å². The van der Waals surface area contributed by atoms with Crippen LogP contribution in [-0.2, 0) is 26.1 Å². The number of nitrogens with one attached hydrogen (secondary N) is 1. The Bertz CT molecular complexity index is 585. The summed E-state index contributed by atoms with van der Waals surface area (Å²) in [5.41, 5.74) is 2.83. The largest absolute Gasteiger partial charge is 0.468 e. The molecule has 3 heterocycles. The number of fused-ring (bicyclic) bond motifs is 1. The molecule has 2 aromatic heterocycles. The molecular weight excluding hydrogens is 268 g/mol. The van der Waals surface area contributed by atoms with Crippen molar-refractivity contribution in [2.45, 2.75) is 44.9 Å². The summed E-state index contributed by atoms with van der Waals surface area (Å²) in [5.74, 6) is 1.14. The lowest BCUT2D eigenvalue weighted by Gasteiger charge is -2.26. The quantitative estimate of drug-likeness (QED) is 0.916. The van der Waals surface area contributed by atoms with Gasteiger partial charge >= 0.3 is 0 Å². The van der Waals surface area contributed by atoms with Gasteiger partial charge in [-0.15, -0.1) is 11.3 Å². The molecule has 0 radical (unpaired) electrons. The molecule has 2 aromatic rings. The molecule has 0 spiro atoms. The second-order valence-electron chi connectivity index (χ2n) is 5.85. The molecule has 4 rings (SSSR count). The van der Waals surface area contributed by atoms with Crippen LogP contribution in [0.25, 0.3) is 0 Å². The van der Waals surface area contributed by atoms with Crippen molar-refractivity contribution in [1.82, 2.24) is 10.2 Å². The highest BCUT2D eigenvalue weighted by Crippen LogP contribution is 2.26. The molecule has 106 valence electrons. The summed E-state index contributed by atoms with van der Waals surface area (Å²) in [4.78, 5) is 4.06. The minimum absolute atomic E-state index is 0.751. The molecule has 4 heteroatoms. The summed E-state index contributed by atoms with van der Waals surface area (Å²) in [6, 6.07) is 5.13. The number of furan rings is 1. The van der Waals surface area contributed by atoms with Gasteiger partial charge in [-0.3, -0.25) is 4.90 Å². The molecule has 0 atom stereocenters. The molecule has 20 heavy (non-hydrogen) atoms. The van der Waals surface area contributed by atoms with Crippen molar-refractivity contribution in [3.05, 3.63) is 45.5 Å². The Morgan fingerprint density at radius 3 is 3.20 bits per heavy atom. The Morgan fingerprint density at radius 2 is 2.30 bits per heavy atom. The van der Waals surface area contributed by atoms with E-state index in [1.165, 1.54) is 30.4 Å². The van der Waals surface area contributed by atoms with Gasteiger partial charge in [-0.25, -0.2) is 0 Å². The number of hydrogen-bond acceptors (Lipinski definition) is 4. The van der Waals surface area contributed by atoms with Crippen molar-refractivity contribution >= 4 is 11.3 Å². The molecule has 0 saturated heterocycles. The van der Waals surface area contributed by atoms with E-state index in [4.69, 9.17) is 4.42 Å². The summed E-state index contributed by atoms with van der Waals surface area (Å²) in [6.45, 7) is 4.09. The van der Waals surface area contributed by atoms with E-state index in [-0.39, 0.29) is 0 Å². The lowest BCUT2D eigenvalue weighted by Crippen LogP contribution is -2.29. The zero-order valence-electron chi connectivity index (χ0n) is 11.6. The standard InChI is InChI=1S/C16H20N2OS/c1-2-14(1)17-9-12-4-7-19-15(12)11-18-6-3-16-13(10-18)5-8-20-16/h4-5,7-8,14,17H,1-3,6,9-11H2. The van der Waals surface area contributed by atoms with Crippen LogP contribution in [0.4, 0.5) is 0 Å². The molecule has 2 aliphatic rings. The molecule has 0 unspecified atom stereocenters. The van der Waals surface area contributed by atoms with E-state index in [1.807, 2.05) is 17.6 Å². The molecule has 1 saturated carbocycles. The first kappa shape index (κ1) is 12.6. The molecule has 0 aromatic carbocycles. The summed E-state index contributed by atoms with van der Waals surface area (Å²) in [6.07, 6.45) is 5.68. The summed E-state index contributed by atoms with van der Waals surface area (Å²) in [5, 5.41) is 5.79. The lowest BCUT2D eigenvalue weighted by molar-refractivity contribution is 0.226. The van der Waals surface area contributed by atoms with Crippen LogP contribution < -0.4 is 5.32 Å². The van der Waals surface area contributed by atoms with Crippen molar-refractivity contribution in [2.24, 2.45) is 0 Å². The van der Waals surface area contributed by atoms with Crippen molar-refractivity contribution in [1.29, 1.82) is 0 Å². The van der Waals surface area contributed by atoms with Gasteiger partial charge in [0.1, 0.15) is 5.76 Å². The Morgan fingerprint density at radius 1 is 1.35 bits per heavy atom. The average molecular weight is 288 g/mol. The van der Waals surface area contributed by atoms with Gasteiger partial charge in [0.25, 0.3) is 0 Å². The normalized spacial score (nSPS) is 19.2. The maximum absolute atomic E-state index is 5.71. The third-order valence-electron chi connectivity index (χ3n) is 4.25. The van der Waals surface area contributed by atoms with Gasteiger partial charge in [-0.1, -0.05) is 0 Å². The van der Waals surface area contributed by atoms with Crippen LogP contribution in [0.5, 0.6) is 0 Å². The van der Waals surface area contributed by atoms with Crippen molar-refractivity contribution in [3.63, 3.8) is 0 Å². The van der Waals surface area contributed by atoms with Gasteiger partial charge < -0.3 is 9.73 Å². The fourth-order valence-corrected chi connectivity index (χ4v) is 3.74. The highest BCUT2D eigenvalue weighted by atomic mass is 32.1. The second kappa shape index (κ2) is 5.35. The first-order valence-electron chi connectivity index (χ1n) is 7.45. The topological polar surface area (TPSA) is 28.4 Å². The van der Waals surface area contributed by atoms with Gasteiger partial charge in [0.2, 0.25) is 0 Å². The van der Waals surface area contributed by atoms with Crippen LogP contribution in [0.15, 0.2) is 28.2 Å². The van der Waals surface area contributed by atoms with E-state index >= 15 is 0 Å². The van der Waals surface area contributed by atoms with Crippen molar-refractivity contribution in [3.8, 4) is 0 Å². The number of nitrogens with zero attached hydrogens (tertiary/aromatic N) is 1. The molecule has 1 N–H and O–H groups in total. The lowest BCUT2D eigenvalue weighted by atomic mass is 10.1. The van der Waals surface area contributed by atoms with Crippen LogP contribution >= 0.6 is 11.3 Å². The fraction of sp³-hybridized carbons (Fsp3) is 0.500. The monoisotopic (exact) mass is 288 g/mol. The van der Waals surface area contributed by atoms with E-state index in [0.29, 0.717) is 0 Å². The Balaban J connectivity index is 1.40. The van der Waals surface area contributed by atoms with Gasteiger partial charge in [-0.2, -0.15) is 0 Å². The summed E-state index contributed by atoms with van der Waals surface area (Å²) < 4.78 is 5.71. The molecule has 1 fully saturated rings. The smallest absolute Gasteiger partial charge is 0.122 e. The first-order chi connectivity index (χ1) is 9.88. The van der Waals surface area contributed by atoms with Crippen LogP contribution in [0.2, 0.25) is 0 Å². The van der Waals surface area contributed by atoms with Crippen LogP contribution in [0.1, 0.15) is 34.6 Å². The van der Waals surface area contributed by atoms with Crippen LogP contribution in [0.3, 0.4) is 0 Å². The Hall–Kier alpha value is -1.10. The fourth-order valence-electron chi connectivity index (χ4n) is 2.85.